The number of amides is 5. The average Bonchev–Trinajstić information content (AvgIpc) is 2.67. The van der Waals surface area contributed by atoms with Gasteiger partial charge in [0.25, 0.3) is 0 Å². The molecule has 1 aliphatic heterocycles. The molecule has 4 atom stereocenters. The molecule has 1 heterocycles. The molecule has 0 saturated heterocycles. The topological polar surface area (TPSA) is 151 Å². The lowest BCUT2D eigenvalue weighted by molar-refractivity contribution is -0.130. The summed E-state index contributed by atoms with van der Waals surface area (Å²) in [5.74, 6) is -1.54. The lowest BCUT2D eigenvalue weighted by atomic mass is 10.0. The van der Waals surface area contributed by atoms with Gasteiger partial charge in [0.2, 0.25) is 17.7 Å². The number of hydrogen-bond acceptors (Lipinski definition) is 5. The molecular weight excluding hydrogens is 410 g/mol. The van der Waals surface area contributed by atoms with Crippen LogP contribution in [0.25, 0.3) is 0 Å². The van der Waals surface area contributed by atoms with Gasteiger partial charge in [0, 0.05) is 18.7 Å². The molecule has 5 N–H and O–H groups in total. The van der Waals surface area contributed by atoms with E-state index in [2.05, 4.69) is 26.6 Å². The molecule has 1 unspecified atom stereocenters. The van der Waals surface area contributed by atoms with Crippen LogP contribution < -0.4 is 26.6 Å². The van der Waals surface area contributed by atoms with Gasteiger partial charge in [-0.05, 0) is 30.4 Å². The zero-order valence-electron chi connectivity index (χ0n) is 17.9. The molecule has 0 radical (unpaired) electrons. The molecule has 1 rings (SSSR count). The minimum Gasteiger partial charge on any atom is -0.616 e. The number of carbonyl (C=O) groups is 4. The minimum absolute atomic E-state index is 0.100. The van der Waals surface area contributed by atoms with Crippen molar-refractivity contribution in [3.63, 3.8) is 0 Å². The van der Waals surface area contributed by atoms with E-state index < -0.39 is 47.1 Å². The maximum absolute atomic E-state index is 12.8. The first-order valence-electron chi connectivity index (χ1n) is 10.1. The van der Waals surface area contributed by atoms with Gasteiger partial charge in [0.15, 0.2) is 6.04 Å². The maximum Gasteiger partial charge on any atom is 0.315 e. The highest BCUT2D eigenvalue weighted by Gasteiger charge is 2.32. The van der Waals surface area contributed by atoms with E-state index in [1.165, 1.54) is 12.2 Å². The summed E-state index contributed by atoms with van der Waals surface area (Å²) in [6, 6.07) is -2.83. The van der Waals surface area contributed by atoms with Gasteiger partial charge in [-0.25, -0.2) is 4.79 Å². The second-order valence-electron chi connectivity index (χ2n) is 7.44. The summed E-state index contributed by atoms with van der Waals surface area (Å²) in [6.07, 6.45) is 3.59. The monoisotopic (exact) mass is 443 g/mol. The predicted octanol–water partition coefficient (Wildman–Crippen LogP) is -0.856. The Labute approximate surface area is 180 Å². The Morgan fingerprint density at radius 2 is 2.03 bits per heavy atom. The number of carbonyl (C=O) groups excluding carboxylic acids is 4. The summed E-state index contributed by atoms with van der Waals surface area (Å²) >= 11 is -1.45. The molecule has 0 aromatic rings. The molecule has 10 nitrogen and oxygen atoms in total. The predicted molar refractivity (Wildman–Crippen MR) is 115 cm³/mol. The van der Waals surface area contributed by atoms with E-state index in [4.69, 9.17) is 0 Å². The highest BCUT2D eigenvalue weighted by atomic mass is 32.2. The van der Waals surface area contributed by atoms with Crippen LogP contribution in [0.5, 0.6) is 0 Å². The molecule has 0 saturated carbocycles. The first-order chi connectivity index (χ1) is 14.1. The second kappa shape index (κ2) is 13.1. The first kappa shape index (κ1) is 25.8. The van der Waals surface area contributed by atoms with E-state index in [0.29, 0.717) is 6.54 Å². The van der Waals surface area contributed by atoms with Gasteiger partial charge < -0.3 is 31.1 Å². The lowest BCUT2D eigenvalue weighted by Gasteiger charge is -2.26. The van der Waals surface area contributed by atoms with Gasteiger partial charge in [-0.1, -0.05) is 26.8 Å². The third-order valence-corrected chi connectivity index (χ3v) is 5.66. The molecule has 0 bridgehead atoms. The van der Waals surface area contributed by atoms with Crippen molar-refractivity contribution in [2.24, 2.45) is 5.92 Å². The quantitative estimate of drug-likeness (QED) is 0.339. The Bertz CT molecular complexity index is 643. The number of nitrogens with one attached hydrogen (secondary N) is 5. The third-order valence-electron chi connectivity index (χ3n) is 4.29. The highest BCUT2D eigenvalue weighted by Crippen LogP contribution is 2.05. The van der Waals surface area contributed by atoms with Crippen LogP contribution in [-0.2, 0) is 25.6 Å². The van der Waals surface area contributed by atoms with Crippen molar-refractivity contribution in [3.05, 3.63) is 12.2 Å². The van der Waals surface area contributed by atoms with Crippen LogP contribution in [0, 0.1) is 5.92 Å². The summed E-state index contributed by atoms with van der Waals surface area (Å²) in [4.78, 5) is 49.1. The van der Waals surface area contributed by atoms with E-state index >= 15 is 0 Å². The van der Waals surface area contributed by atoms with Gasteiger partial charge in [0.1, 0.15) is 17.5 Å². The molecule has 170 valence electrons. The van der Waals surface area contributed by atoms with Crippen LogP contribution in [-0.4, -0.2) is 71.0 Å². The molecule has 0 aliphatic carbocycles. The van der Waals surface area contributed by atoms with E-state index in [0.717, 1.165) is 6.42 Å². The fourth-order valence-electron chi connectivity index (χ4n) is 2.63. The van der Waals surface area contributed by atoms with Crippen molar-refractivity contribution in [3.8, 4) is 0 Å². The van der Waals surface area contributed by atoms with Gasteiger partial charge >= 0.3 is 6.03 Å². The number of urea groups is 1. The van der Waals surface area contributed by atoms with Gasteiger partial charge in [-0.2, -0.15) is 0 Å². The Kier molecular flexibility index (Phi) is 11.3. The molecule has 30 heavy (non-hydrogen) atoms. The normalized spacial score (nSPS) is 25.1. The average molecular weight is 444 g/mol. The highest BCUT2D eigenvalue weighted by molar-refractivity contribution is 7.91. The van der Waals surface area contributed by atoms with Crippen molar-refractivity contribution in [1.29, 1.82) is 0 Å². The number of rotatable bonds is 6. The molecule has 11 heteroatoms. The SMILES string of the molecule is CCCNC(=O)N[C@H](C(=O)N[C@H]1C[S+]([O-])CCNC(=O)/C=C/[C@H](C)NC1=O)C(C)C. The van der Waals surface area contributed by atoms with Gasteiger partial charge in [0.05, 0.1) is 6.54 Å². The summed E-state index contributed by atoms with van der Waals surface area (Å²) in [6.45, 7) is 7.82. The van der Waals surface area contributed by atoms with Crippen molar-refractivity contribution < 1.29 is 23.7 Å². The Hall–Kier alpha value is -2.27. The Morgan fingerprint density at radius 1 is 1.33 bits per heavy atom. The van der Waals surface area contributed by atoms with Crippen LogP contribution in [0.1, 0.15) is 34.1 Å². The molecule has 0 spiro atoms. The molecule has 5 amide bonds. The lowest BCUT2D eigenvalue weighted by Crippen LogP contribution is -2.59. The molecule has 1 aliphatic rings. The molecule has 0 fully saturated rings. The van der Waals surface area contributed by atoms with Crippen molar-refractivity contribution in [2.75, 3.05) is 24.6 Å². The van der Waals surface area contributed by atoms with Crippen LogP contribution >= 0.6 is 0 Å². The fourth-order valence-corrected chi connectivity index (χ4v) is 3.73. The number of hydrogen-bond donors (Lipinski definition) is 5. The largest absolute Gasteiger partial charge is 0.616 e. The summed E-state index contributed by atoms with van der Waals surface area (Å²) < 4.78 is 12.4. The van der Waals surface area contributed by atoms with E-state index in [-0.39, 0.29) is 29.9 Å². The molecular formula is C19H33N5O5S. The summed E-state index contributed by atoms with van der Waals surface area (Å²) in [5, 5.41) is 13.2. The fraction of sp³-hybridized carbons (Fsp3) is 0.684. The summed E-state index contributed by atoms with van der Waals surface area (Å²) in [7, 11) is 0. The second-order valence-corrected chi connectivity index (χ2v) is 9.06. The third kappa shape index (κ3) is 9.49. The van der Waals surface area contributed by atoms with Crippen molar-refractivity contribution in [1.82, 2.24) is 26.6 Å². The van der Waals surface area contributed by atoms with Gasteiger partial charge in [-0.3, -0.25) is 14.4 Å². The maximum atomic E-state index is 12.8. The smallest absolute Gasteiger partial charge is 0.315 e. The summed E-state index contributed by atoms with van der Waals surface area (Å²) in [5.41, 5.74) is 0. The Morgan fingerprint density at radius 3 is 2.67 bits per heavy atom. The minimum atomic E-state index is -1.45. The molecule has 0 aromatic carbocycles. The van der Waals surface area contributed by atoms with E-state index in [1.807, 2.05) is 6.92 Å². The van der Waals surface area contributed by atoms with Crippen molar-refractivity contribution in [2.45, 2.75) is 52.2 Å². The van der Waals surface area contributed by atoms with Crippen LogP contribution in [0.15, 0.2) is 12.2 Å². The zero-order valence-corrected chi connectivity index (χ0v) is 18.8. The van der Waals surface area contributed by atoms with E-state index in [1.54, 1.807) is 20.8 Å². The zero-order chi connectivity index (χ0) is 22.7. The first-order valence-corrected chi connectivity index (χ1v) is 11.6. The van der Waals surface area contributed by atoms with Gasteiger partial charge in [-0.15, -0.1) is 0 Å². The van der Waals surface area contributed by atoms with Crippen LogP contribution in [0.3, 0.4) is 0 Å². The Balaban J connectivity index is 2.90. The van der Waals surface area contributed by atoms with Crippen molar-refractivity contribution >= 4 is 34.9 Å². The standard InChI is InChI=1S/C19H33N5O5S/c1-5-8-21-19(28)24-16(12(2)3)18(27)23-14-11-30(29)10-9-20-15(25)7-6-13(4)22-17(14)26/h6-7,12-14,16H,5,8-11H2,1-4H3,(H,20,25)(H,22,26)(H,23,27)(H2,21,24,28)/b7-6+/t13-,14-,16-,30?/m0/s1. The van der Waals surface area contributed by atoms with E-state index in [9.17, 15) is 23.7 Å². The van der Waals surface area contributed by atoms with Crippen LogP contribution in [0.4, 0.5) is 4.79 Å². The van der Waals surface area contributed by atoms with Crippen LogP contribution in [0.2, 0.25) is 0 Å². The molecule has 0 aromatic heterocycles.